The zero-order valence-electron chi connectivity index (χ0n) is 16.1. The van der Waals surface area contributed by atoms with Crippen molar-refractivity contribution < 1.29 is 0 Å². The van der Waals surface area contributed by atoms with Gasteiger partial charge in [0.2, 0.25) is 0 Å². The molecular formula is C19H23N7OS. The lowest BCUT2D eigenvalue weighted by molar-refractivity contribution is 0.478. The Balaban J connectivity index is 1.52. The Hall–Kier alpha value is -2.42. The molecular weight excluding hydrogens is 374 g/mol. The molecule has 8 nitrogen and oxygen atoms in total. The molecule has 0 saturated carbocycles. The first-order valence-corrected chi connectivity index (χ1v) is 10.9. The maximum absolute atomic E-state index is 12.6. The van der Waals surface area contributed by atoms with E-state index in [4.69, 9.17) is 5.10 Å². The minimum absolute atomic E-state index is 0.00151. The highest BCUT2D eigenvalue weighted by atomic mass is 32.2. The van der Waals surface area contributed by atoms with E-state index in [0.29, 0.717) is 12.3 Å². The number of hydrogen-bond donors (Lipinski definition) is 0. The summed E-state index contributed by atoms with van der Waals surface area (Å²) in [6.07, 6.45) is 4.59. The molecule has 1 unspecified atom stereocenters. The van der Waals surface area contributed by atoms with Gasteiger partial charge in [-0.2, -0.15) is 31.5 Å². The van der Waals surface area contributed by atoms with Gasteiger partial charge in [0.15, 0.2) is 0 Å². The Morgan fingerprint density at radius 2 is 2.21 bits per heavy atom. The van der Waals surface area contributed by atoms with Crippen LogP contribution in [0.3, 0.4) is 0 Å². The van der Waals surface area contributed by atoms with Gasteiger partial charge < -0.3 is 4.90 Å². The van der Waals surface area contributed by atoms with Crippen molar-refractivity contribution in [3.05, 3.63) is 45.3 Å². The molecule has 3 aromatic rings. The molecule has 1 saturated heterocycles. The number of anilines is 1. The smallest absolute Gasteiger partial charge is 0.267 e. The van der Waals surface area contributed by atoms with Crippen LogP contribution < -0.4 is 10.5 Å². The van der Waals surface area contributed by atoms with Crippen LogP contribution in [0.5, 0.6) is 0 Å². The van der Waals surface area contributed by atoms with Gasteiger partial charge in [0, 0.05) is 36.0 Å². The Morgan fingerprint density at radius 3 is 3.11 bits per heavy atom. The molecule has 1 atom stereocenters. The molecule has 0 aromatic carbocycles. The molecule has 0 amide bonds. The summed E-state index contributed by atoms with van der Waals surface area (Å²) in [5.41, 5.74) is 4.25. The van der Waals surface area contributed by atoms with Gasteiger partial charge in [-0.05, 0) is 38.0 Å². The van der Waals surface area contributed by atoms with Crippen molar-refractivity contribution in [2.75, 3.05) is 17.2 Å². The Labute approximate surface area is 167 Å². The summed E-state index contributed by atoms with van der Waals surface area (Å²) in [4.78, 5) is 23.8. The lowest BCUT2D eigenvalue weighted by Gasteiger charge is -2.29. The lowest BCUT2D eigenvalue weighted by atomic mass is 10.1. The van der Waals surface area contributed by atoms with Crippen LogP contribution in [-0.4, -0.2) is 47.7 Å². The maximum Gasteiger partial charge on any atom is 0.267 e. The van der Waals surface area contributed by atoms with Crippen molar-refractivity contribution in [2.45, 2.75) is 51.4 Å². The number of nitrogens with zero attached hydrogens (tertiary/aromatic N) is 7. The first kappa shape index (κ1) is 17.7. The second-order valence-electron chi connectivity index (χ2n) is 7.55. The summed E-state index contributed by atoms with van der Waals surface area (Å²) in [5.74, 6) is 3.62. The van der Waals surface area contributed by atoms with E-state index in [-0.39, 0.29) is 11.6 Å². The number of aromatic nitrogens is 6. The molecule has 2 aliphatic heterocycles. The monoisotopic (exact) mass is 397 g/mol. The highest BCUT2D eigenvalue weighted by molar-refractivity contribution is 7.98. The fourth-order valence-electron chi connectivity index (χ4n) is 4.24. The Bertz CT molecular complexity index is 1110. The summed E-state index contributed by atoms with van der Waals surface area (Å²) in [7, 11) is 0. The fourth-order valence-corrected chi connectivity index (χ4v) is 5.19. The van der Waals surface area contributed by atoms with E-state index in [1.807, 2.05) is 23.2 Å². The number of hydrogen-bond acceptors (Lipinski definition) is 7. The van der Waals surface area contributed by atoms with E-state index < -0.39 is 0 Å². The van der Waals surface area contributed by atoms with Crippen LogP contribution in [0.4, 0.5) is 5.82 Å². The van der Waals surface area contributed by atoms with E-state index in [1.54, 1.807) is 17.1 Å². The first-order chi connectivity index (χ1) is 13.6. The summed E-state index contributed by atoms with van der Waals surface area (Å²) in [6.45, 7) is 5.61. The quantitative estimate of drug-likeness (QED) is 0.666. The second kappa shape index (κ2) is 6.88. The number of thioether (sulfide) groups is 1. The molecule has 2 aliphatic rings. The molecule has 0 radical (unpaired) electrons. The van der Waals surface area contributed by atoms with Gasteiger partial charge in [0.25, 0.3) is 11.3 Å². The third kappa shape index (κ3) is 2.88. The van der Waals surface area contributed by atoms with Crippen LogP contribution in [0, 0.1) is 13.8 Å². The van der Waals surface area contributed by atoms with Gasteiger partial charge in [-0.1, -0.05) is 0 Å². The summed E-state index contributed by atoms with van der Waals surface area (Å²) in [6, 6.07) is 1.99. The zero-order valence-corrected chi connectivity index (χ0v) is 16.9. The molecule has 28 heavy (non-hydrogen) atoms. The number of fused-ring (bicyclic) bond motifs is 2. The SMILES string of the molecule is Cc1nc2ncnn2c(N2CCCC2Cn2nc3c(cc2=O)CSCC3)c1C. The highest BCUT2D eigenvalue weighted by Gasteiger charge is 2.30. The van der Waals surface area contributed by atoms with E-state index in [0.717, 1.165) is 65.6 Å². The molecule has 146 valence electrons. The molecule has 0 bridgehead atoms. The number of rotatable bonds is 3. The van der Waals surface area contributed by atoms with Gasteiger partial charge in [-0.15, -0.1) is 0 Å². The normalized spacial score (nSPS) is 19.4. The maximum atomic E-state index is 12.6. The third-order valence-corrected chi connectivity index (χ3v) is 6.82. The summed E-state index contributed by atoms with van der Waals surface area (Å²) < 4.78 is 3.49. The topological polar surface area (TPSA) is 81.2 Å². The minimum atomic E-state index is 0.00151. The Morgan fingerprint density at radius 1 is 1.32 bits per heavy atom. The van der Waals surface area contributed by atoms with Crippen LogP contribution >= 0.6 is 11.8 Å². The van der Waals surface area contributed by atoms with Crippen LogP contribution in [0.25, 0.3) is 5.78 Å². The van der Waals surface area contributed by atoms with E-state index in [1.165, 1.54) is 0 Å². The standard InChI is InChI=1S/C19H23N7OS/c1-12-13(2)22-19-20-11-21-26(19)18(12)24-6-3-4-15(24)9-25-17(27)8-14-10-28-7-5-16(14)23-25/h8,11,15H,3-7,9-10H2,1-2H3. The van der Waals surface area contributed by atoms with Gasteiger partial charge in [0.1, 0.15) is 12.1 Å². The second-order valence-corrected chi connectivity index (χ2v) is 8.65. The molecule has 0 aliphatic carbocycles. The fraction of sp³-hybridized carbons (Fsp3) is 0.526. The lowest BCUT2D eigenvalue weighted by Crippen LogP contribution is -2.39. The predicted molar refractivity (Wildman–Crippen MR) is 109 cm³/mol. The van der Waals surface area contributed by atoms with Crippen molar-refractivity contribution in [1.29, 1.82) is 0 Å². The van der Waals surface area contributed by atoms with Crippen molar-refractivity contribution in [1.82, 2.24) is 29.4 Å². The van der Waals surface area contributed by atoms with E-state index in [9.17, 15) is 4.79 Å². The average Bonchev–Trinajstić information content (AvgIpc) is 3.33. The predicted octanol–water partition coefficient (Wildman–Crippen LogP) is 1.76. The number of aryl methyl sites for hydroxylation is 2. The molecule has 0 spiro atoms. The average molecular weight is 398 g/mol. The van der Waals surface area contributed by atoms with Crippen molar-refractivity contribution in [2.24, 2.45) is 0 Å². The largest absolute Gasteiger partial charge is 0.351 e. The van der Waals surface area contributed by atoms with Gasteiger partial charge in [0.05, 0.1) is 18.3 Å². The molecule has 9 heteroatoms. The van der Waals surface area contributed by atoms with Crippen LogP contribution in [0.15, 0.2) is 17.2 Å². The van der Waals surface area contributed by atoms with Crippen molar-refractivity contribution >= 4 is 23.4 Å². The summed E-state index contributed by atoms with van der Waals surface area (Å²) >= 11 is 1.87. The summed E-state index contributed by atoms with van der Waals surface area (Å²) in [5, 5.41) is 9.11. The first-order valence-electron chi connectivity index (χ1n) is 9.73. The zero-order chi connectivity index (χ0) is 19.3. The third-order valence-electron chi connectivity index (χ3n) is 5.81. The highest BCUT2D eigenvalue weighted by Crippen LogP contribution is 2.30. The van der Waals surface area contributed by atoms with Crippen molar-refractivity contribution in [3.63, 3.8) is 0 Å². The molecule has 0 N–H and O–H groups in total. The van der Waals surface area contributed by atoms with Crippen LogP contribution in [0.1, 0.15) is 35.4 Å². The van der Waals surface area contributed by atoms with Gasteiger partial charge >= 0.3 is 0 Å². The minimum Gasteiger partial charge on any atom is -0.351 e. The van der Waals surface area contributed by atoms with E-state index >= 15 is 0 Å². The molecule has 5 rings (SSSR count). The van der Waals surface area contributed by atoms with Crippen LogP contribution in [0.2, 0.25) is 0 Å². The van der Waals surface area contributed by atoms with Crippen LogP contribution in [-0.2, 0) is 18.7 Å². The molecule has 3 aromatic heterocycles. The van der Waals surface area contributed by atoms with Crippen molar-refractivity contribution in [3.8, 4) is 0 Å². The van der Waals surface area contributed by atoms with Gasteiger partial charge in [-0.25, -0.2) is 9.67 Å². The molecule has 1 fully saturated rings. The Kier molecular flexibility index (Phi) is 4.34. The van der Waals surface area contributed by atoms with E-state index in [2.05, 4.69) is 26.9 Å². The van der Waals surface area contributed by atoms with Gasteiger partial charge in [-0.3, -0.25) is 4.79 Å². The molecule has 5 heterocycles.